The molecule has 35 heavy (non-hydrogen) atoms. The molecule has 4 aliphatic rings. The number of non-ortho nitro benzene ring substituents is 1. The fourth-order valence-electron chi connectivity index (χ4n) is 5.67. The molecule has 180 valence electrons. The minimum atomic E-state index is -1.11. The summed E-state index contributed by atoms with van der Waals surface area (Å²) in [6.45, 7) is 0. The van der Waals surface area contributed by atoms with E-state index in [-0.39, 0.29) is 47.2 Å². The average Bonchev–Trinajstić information content (AvgIpc) is 3.15. The van der Waals surface area contributed by atoms with Crippen LogP contribution in [0.2, 0.25) is 0 Å². The highest BCUT2D eigenvalue weighted by Gasteiger charge is 2.58. The topological polar surface area (TPSA) is 119 Å². The lowest BCUT2D eigenvalue weighted by atomic mass is 9.63. The smallest absolute Gasteiger partial charge is 0.271 e. The van der Waals surface area contributed by atoms with Gasteiger partial charge in [-0.1, -0.05) is 42.5 Å². The van der Waals surface area contributed by atoms with E-state index in [2.05, 4.69) is 5.32 Å². The molecule has 1 heterocycles. The van der Waals surface area contributed by atoms with Crippen LogP contribution in [0, 0.1) is 33.8 Å². The number of fused-ring (bicyclic) bond motifs is 1. The molecule has 9 heteroatoms. The number of rotatable bonds is 7. The number of imide groups is 1. The molecule has 0 radical (unpaired) electrons. The lowest BCUT2D eigenvalue weighted by Gasteiger charge is -2.38. The Hall–Kier alpha value is -4.01. The van der Waals surface area contributed by atoms with Crippen LogP contribution in [0.25, 0.3) is 0 Å². The van der Waals surface area contributed by atoms with Crippen molar-refractivity contribution in [3.05, 3.63) is 76.4 Å². The van der Waals surface area contributed by atoms with Crippen LogP contribution in [0.5, 0.6) is 5.75 Å². The molecule has 3 aliphatic carbocycles. The number of nitrogens with zero attached hydrogens (tertiary/aromatic N) is 2. The van der Waals surface area contributed by atoms with Crippen molar-refractivity contribution in [1.82, 2.24) is 4.90 Å². The summed E-state index contributed by atoms with van der Waals surface area (Å²) in [5, 5.41) is 14.0. The zero-order valence-corrected chi connectivity index (χ0v) is 19.1. The highest BCUT2D eigenvalue weighted by molar-refractivity contribution is 6.10. The predicted octanol–water partition coefficient (Wildman–Crippen LogP) is 3.35. The Morgan fingerprint density at radius 1 is 1.09 bits per heavy atom. The number of methoxy groups -OCH3 is 1. The van der Waals surface area contributed by atoms with E-state index in [4.69, 9.17) is 4.74 Å². The number of anilines is 1. The van der Waals surface area contributed by atoms with E-state index in [1.807, 2.05) is 42.5 Å². The van der Waals surface area contributed by atoms with Crippen LogP contribution < -0.4 is 10.1 Å². The second-order valence-electron chi connectivity index (χ2n) is 9.22. The van der Waals surface area contributed by atoms with Gasteiger partial charge in [-0.2, -0.15) is 0 Å². The number of carbonyl (C=O) groups excluding carboxylic acids is 3. The molecule has 0 aromatic heterocycles. The normalized spacial score (nSPS) is 25.3. The quantitative estimate of drug-likeness (QED) is 0.284. The van der Waals surface area contributed by atoms with Crippen LogP contribution in [-0.2, 0) is 20.8 Å². The molecule has 2 fully saturated rings. The molecule has 9 nitrogen and oxygen atoms in total. The summed E-state index contributed by atoms with van der Waals surface area (Å²) >= 11 is 0. The third-order valence-corrected chi connectivity index (χ3v) is 7.33. The molecular weight excluding hydrogens is 450 g/mol. The SMILES string of the molecule is COc1ccc([N+](=O)[O-])cc1NC(=O)[C@H](Cc1ccccc1)N1C(=O)[C@@H]2[C@H](C1=O)[C@H]1C=C[C@H]2CC1. The fourth-order valence-corrected chi connectivity index (χ4v) is 5.67. The summed E-state index contributed by atoms with van der Waals surface area (Å²) < 4.78 is 5.27. The van der Waals surface area contributed by atoms with Gasteiger partial charge >= 0.3 is 0 Å². The maximum Gasteiger partial charge on any atom is 0.271 e. The number of nitrogens with one attached hydrogen (secondary N) is 1. The number of hydrogen-bond acceptors (Lipinski definition) is 6. The summed E-state index contributed by atoms with van der Waals surface area (Å²) in [4.78, 5) is 52.6. The molecule has 1 saturated heterocycles. The van der Waals surface area contributed by atoms with Gasteiger partial charge in [-0.05, 0) is 36.3 Å². The molecule has 2 aromatic carbocycles. The van der Waals surface area contributed by atoms with E-state index < -0.39 is 28.7 Å². The van der Waals surface area contributed by atoms with E-state index in [1.165, 1.54) is 25.3 Å². The van der Waals surface area contributed by atoms with Crippen molar-refractivity contribution in [2.75, 3.05) is 12.4 Å². The second kappa shape index (κ2) is 8.98. The van der Waals surface area contributed by atoms with Gasteiger partial charge in [-0.15, -0.1) is 0 Å². The summed E-state index contributed by atoms with van der Waals surface area (Å²) in [6, 6.07) is 11.9. The number of carbonyl (C=O) groups is 3. The van der Waals surface area contributed by atoms with Gasteiger partial charge < -0.3 is 10.1 Å². The summed E-state index contributed by atoms with van der Waals surface area (Å²) in [7, 11) is 1.39. The van der Waals surface area contributed by atoms with Crippen LogP contribution in [-0.4, -0.2) is 40.7 Å². The Labute approximate surface area is 201 Å². The number of hydrogen-bond donors (Lipinski definition) is 1. The Bertz CT molecular complexity index is 1190. The first kappa shape index (κ1) is 22.8. The number of likely N-dealkylation sites (tertiary alicyclic amines) is 1. The Morgan fingerprint density at radius 2 is 1.71 bits per heavy atom. The maximum atomic E-state index is 13.6. The standard InChI is InChI=1S/C26H25N3O6/c1-35-21-12-11-18(29(33)34)14-19(21)27-24(30)20(13-15-5-3-2-4-6-15)28-25(31)22-16-7-8-17(10-9-16)23(22)26(28)32/h2-8,11-12,14,16-17,20,22-23H,9-10,13H2,1H3,(H,27,30)/t16-,17-,20-,22-,23+/m0/s1. The van der Waals surface area contributed by atoms with Gasteiger partial charge in [-0.3, -0.25) is 29.4 Å². The Morgan fingerprint density at radius 3 is 2.26 bits per heavy atom. The minimum Gasteiger partial charge on any atom is -0.495 e. The van der Waals surface area contributed by atoms with Gasteiger partial charge in [0.05, 0.1) is 29.6 Å². The van der Waals surface area contributed by atoms with Crippen LogP contribution in [0.1, 0.15) is 18.4 Å². The number of ether oxygens (including phenoxy) is 1. The van der Waals surface area contributed by atoms with Gasteiger partial charge in [0, 0.05) is 18.6 Å². The highest BCUT2D eigenvalue weighted by atomic mass is 16.6. The van der Waals surface area contributed by atoms with Crippen molar-refractivity contribution >= 4 is 29.1 Å². The van der Waals surface area contributed by atoms with Crippen LogP contribution in [0.4, 0.5) is 11.4 Å². The molecule has 2 aromatic rings. The number of nitro groups is 1. The molecule has 1 N–H and O–H groups in total. The highest BCUT2D eigenvalue weighted by Crippen LogP contribution is 2.50. The lowest BCUT2D eigenvalue weighted by Crippen LogP contribution is -2.49. The fraction of sp³-hybridized carbons (Fsp3) is 0.346. The minimum absolute atomic E-state index is 0.00348. The molecule has 6 rings (SSSR count). The van der Waals surface area contributed by atoms with Crippen LogP contribution in [0.3, 0.4) is 0 Å². The Kier molecular flexibility index (Phi) is 5.84. The van der Waals surface area contributed by atoms with Crippen molar-refractivity contribution in [2.45, 2.75) is 25.3 Å². The van der Waals surface area contributed by atoms with Gasteiger partial charge in [-0.25, -0.2) is 0 Å². The summed E-state index contributed by atoms with van der Waals surface area (Å²) in [5.74, 6) is -1.88. The van der Waals surface area contributed by atoms with Gasteiger partial charge in [0.1, 0.15) is 11.8 Å². The van der Waals surface area contributed by atoms with E-state index in [0.29, 0.717) is 0 Å². The average molecular weight is 476 g/mol. The third-order valence-electron chi connectivity index (χ3n) is 7.33. The second-order valence-corrected chi connectivity index (χ2v) is 9.22. The first-order valence-corrected chi connectivity index (χ1v) is 11.6. The molecule has 0 spiro atoms. The monoisotopic (exact) mass is 475 g/mol. The largest absolute Gasteiger partial charge is 0.495 e. The first-order chi connectivity index (χ1) is 16.9. The number of benzene rings is 2. The molecular formula is C26H25N3O6. The Balaban J connectivity index is 1.49. The van der Waals surface area contributed by atoms with E-state index in [9.17, 15) is 24.5 Å². The van der Waals surface area contributed by atoms with Crippen molar-refractivity contribution in [1.29, 1.82) is 0 Å². The summed E-state index contributed by atoms with van der Waals surface area (Å²) in [5.41, 5.74) is 0.668. The third kappa shape index (κ3) is 3.96. The molecule has 2 bridgehead atoms. The predicted molar refractivity (Wildman–Crippen MR) is 126 cm³/mol. The van der Waals surface area contributed by atoms with Crippen molar-refractivity contribution in [2.24, 2.45) is 23.7 Å². The van der Waals surface area contributed by atoms with Crippen LogP contribution >= 0.6 is 0 Å². The molecule has 3 amide bonds. The van der Waals surface area contributed by atoms with Gasteiger partial charge in [0.15, 0.2) is 0 Å². The first-order valence-electron chi connectivity index (χ1n) is 11.6. The van der Waals surface area contributed by atoms with Gasteiger partial charge in [0.2, 0.25) is 17.7 Å². The number of allylic oxidation sites excluding steroid dienone is 2. The molecule has 5 atom stereocenters. The number of amides is 3. The zero-order chi connectivity index (χ0) is 24.7. The van der Waals surface area contributed by atoms with E-state index in [1.54, 1.807) is 0 Å². The van der Waals surface area contributed by atoms with E-state index >= 15 is 0 Å². The molecule has 1 saturated carbocycles. The van der Waals surface area contributed by atoms with Gasteiger partial charge in [0.25, 0.3) is 5.69 Å². The zero-order valence-electron chi connectivity index (χ0n) is 19.1. The van der Waals surface area contributed by atoms with E-state index in [0.717, 1.165) is 23.3 Å². The van der Waals surface area contributed by atoms with Crippen molar-refractivity contribution < 1.29 is 24.0 Å². The van der Waals surface area contributed by atoms with Crippen LogP contribution in [0.15, 0.2) is 60.7 Å². The molecule has 1 aliphatic heterocycles. The lowest BCUT2D eigenvalue weighted by molar-refractivity contribution is -0.384. The summed E-state index contributed by atoms with van der Waals surface area (Å²) in [6.07, 6.45) is 5.91. The number of nitro benzene ring substituents is 1. The van der Waals surface area contributed by atoms with Crippen molar-refractivity contribution in [3.8, 4) is 5.75 Å². The molecule has 0 unspecified atom stereocenters. The van der Waals surface area contributed by atoms with Crippen molar-refractivity contribution in [3.63, 3.8) is 0 Å². The maximum absolute atomic E-state index is 13.6.